The van der Waals surface area contributed by atoms with E-state index < -0.39 is 0 Å². The van der Waals surface area contributed by atoms with Crippen LogP contribution in [0, 0.1) is 11.8 Å². The highest BCUT2D eigenvalue weighted by molar-refractivity contribution is 6.29. The molecule has 0 radical (unpaired) electrons. The van der Waals surface area contributed by atoms with E-state index in [2.05, 4.69) is 10.3 Å². The number of nitrogens with zero attached hydrogens (tertiary/aromatic N) is 2. The van der Waals surface area contributed by atoms with Crippen LogP contribution in [-0.2, 0) is 4.79 Å². The second-order valence-electron chi connectivity index (χ2n) is 6.15. The third-order valence-corrected chi connectivity index (χ3v) is 4.52. The predicted octanol–water partition coefficient (Wildman–Crippen LogP) is 2.11. The average Bonchev–Trinajstić information content (AvgIpc) is 3.36. The zero-order chi connectivity index (χ0) is 15.5. The number of hydrogen-bond donors (Lipinski definition) is 1. The van der Waals surface area contributed by atoms with Crippen LogP contribution in [0.25, 0.3) is 0 Å². The minimum absolute atomic E-state index is 0.0796. The van der Waals surface area contributed by atoms with Crippen LogP contribution >= 0.6 is 11.6 Å². The van der Waals surface area contributed by atoms with E-state index in [1.807, 2.05) is 0 Å². The third-order valence-electron chi connectivity index (χ3n) is 4.31. The van der Waals surface area contributed by atoms with Gasteiger partial charge in [0.15, 0.2) is 0 Å². The molecular formula is C16H20ClN3O2. The van der Waals surface area contributed by atoms with Crippen molar-refractivity contribution in [3.63, 3.8) is 0 Å². The highest BCUT2D eigenvalue weighted by Gasteiger charge is 2.30. The summed E-state index contributed by atoms with van der Waals surface area (Å²) in [5, 5.41) is 3.32. The van der Waals surface area contributed by atoms with Gasteiger partial charge in [0.25, 0.3) is 5.91 Å². The topological polar surface area (TPSA) is 62.3 Å². The number of hydrogen-bond acceptors (Lipinski definition) is 3. The summed E-state index contributed by atoms with van der Waals surface area (Å²) in [6, 6.07) is 3.23. The lowest BCUT2D eigenvalue weighted by molar-refractivity contribution is -0.126. The van der Waals surface area contributed by atoms with Gasteiger partial charge in [-0.05, 0) is 43.7 Å². The Hall–Kier alpha value is -1.62. The molecule has 1 saturated heterocycles. The fourth-order valence-electron chi connectivity index (χ4n) is 2.80. The quantitative estimate of drug-likeness (QED) is 0.864. The zero-order valence-corrected chi connectivity index (χ0v) is 13.2. The van der Waals surface area contributed by atoms with Crippen molar-refractivity contribution in [1.29, 1.82) is 0 Å². The second-order valence-corrected chi connectivity index (χ2v) is 6.53. The highest BCUT2D eigenvalue weighted by Crippen LogP contribution is 2.28. The molecule has 1 aromatic heterocycles. The Bertz CT molecular complexity index is 574. The van der Waals surface area contributed by atoms with E-state index in [1.54, 1.807) is 17.0 Å². The fraction of sp³-hybridized carbons (Fsp3) is 0.562. The van der Waals surface area contributed by atoms with Crippen LogP contribution in [0.15, 0.2) is 18.3 Å². The molecule has 0 aromatic carbocycles. The van der Waals surface area contributed by atoms with E-state index in [0.717, 1.165) is 19.4 Å². The molecule has 1 saturated carbocycles. The van der Waals surface area contributed by atoms with Crippen LogP contribution in [-0.4, -0.2) is 41.3 Å². The van der Waals surface area contributed by atoms with E-state index >= 15 is 0 Å². The number of carbonyl (C=O) groups excluding carboxylic acids is 2. The number of halogens is 1. The predicted molar refractivity (Wildman–Crippen MR) is 83.6 cm³/mol. The summed E-state index contributed by atoms with van der Waals surface area (Å²) >= 11 is 5.84. The SMILES string of the molecule is O=C(NCC1CC1)[C@H]1CCCN(C(=O)c2ccnc(Cl)c2)C1. The molecule has 1 aromatic rings. The van der Waals surface area contributed by atoms with Crippen molar-refractivity contribution in [3.8, 4) is 0 Å². The molecule has 2 heterocycles. The summed E-state index contributed by atoms with van der Waals surface area (Å²) in [4.78, 5) is 30.3. The smallest absolute Gasteiger partial charge is 0.254 e. The van der Waals surface area contributed by atoms with E-state index in [4.69, 9.17) is 11.6 Å². The molecule has 2 amide bonds. The molecule has 1 aliphatic heterocycles. The first-order valence-electron chi connectivity index (χ1n) is 7.82. The van der Waals surface area contributed by atoms with Gasteiger partial charge in [-0.15, -0.1) is 0 Å². The van der Waals surface area contributed by atoms with E-state index in [0.29, 0.717) is 29.7 Å². The van der Waals surface area contributed by atoms with Gasteiger partial charge in [-0.1, -0.05) is 11.6 Å². The number of piperidine rings is 1. The van der Waals surface area contributed by atoms with Crippen LogP contribution in [0.3, 0.4) is 0 Å². The molecule has 3 rings (SSSR count). The number of nitrogens with one attached hydrogen (secondary N) is 1. The van der Waals surface area contributed by atoms with Crippen molar-refractivity contribution < 1.29 is 9.59 Å². The van der Waals surface area contributed by atoms with Crippen molar-refractivity contribution in [2.24, 2.45) is 11.8 Å². The lowest BCUT2D eigenvalue weighted by Gasteiger charge is -2.32. The number of likely N-dealkylation sites (tertiary alicyclic amines) is 1. The molecule has 1 atom stereocenters. The standard InChI is InChI=1S/C16H20ClN3O2/c17-14-8-12(5-6-18-14)16(22)20-7-1-2-13(10-20)15(21)19-9-11-3-4-11/h5-6,8,11,13H,1-4,7,9-10H2,(H,19,21)/t13-/m0/s1. The Kier molecular flexibility index (Phi) is 4.62. The summed E-state index contributed by atoms with van der Waals surface area (Å²) < 4.78 is 0. The van der Waals surface area contributed by atoms with Crippen molar-refractivity contribution >= 4 is 23.4 Å². The van der Waals surface area contributed by atoms with Crippen molar-refractivity contribution in [2.75, 3.05) is 19.6 Å². The van der Waals surface area contributed by atoms with Crippen LogP contribution in [0.2, 0.25) is 5.15 Å². The van der Waals surface area contributed by atoms with E-state index in [1.165, 1.54) is 19.0 Å². The van der Waals surface area contributed by atoms with Gasteiger partial charge in [-0.3, -0.25) is 9.59 Å². The third kappa shape index (κ3) is 3.77. The van der Waals surface area contributed by atoms with E-state index in [9.17, 15) is 9.59 Å². The average molecular weight is 322 g/mol. The molecule has 0 bridgehead atoms. The largest absolute Gasteiger partial charge is 0.356 e. The normalized spacial score (nSPS) is 21.5. The van der Waals surface area contributed by atoms with Gasteiger partial charge in [0.05, 0.1) is 5.92 Å². The summed E-state index contributed by atoms with van der Waals surface area (Å²) in [5.41, 5.74) is 0.527. The summed E-state index contributed by atoms with van der Waals surface area (Å²) in [5.74, 6) is 0.569. The van der Waals surface area contributed by atoms with Crippen LogP contribution < -0.4 is 5.32 Å². The van der Waals surface area contributed by atoms with Crippen LogP contribution in [0.5, 0.6) is 0 Å². The second kappa shape index (κ2) is 6.65. The van der Waals surface area contributed by atoms with Gasteiger partial charge >= 0.3 is 0 Å². The number of carbonyl (C=O) groups is 2. The Morgan fingerprint density at radius 2 is 2.18 bits per heavy atom. The molecule has 0 unspecified atom stereocenters. The van der Waals surface area contributed by atoms with Gasteiger partial charge in [-0.2, -0.15) is 0 Å². The molecule has 5 nitrogen and oxygen atoms in total. The van der Waals surface area contributed by atoms with Gasteiger partial charge in [-0.25, -0.2) is 4.98 Å². The maximum Gasteiger partial charge on any atom is 0.254 e. The zero-order valence-electron chi connectivity index (χ0n) is 12.4. The van der Waals surface area contributed by atoms with Gasteiger partial charge < -0.3 is 10.2 Å². The molecule has 22 heavy (non-hydrogen) atoms. The minimum Gasteiger partial charge on any atom is -0.356 e. The molecule has 1 N–H and O–H groups in total. The number of amides is 2. The Balaban J connectivity index is 1.59. The first kappa shape index (κ1) is 15.3. The number of aromatic nitrogens is 1. The highest BCUT2D eigenvalue weighted by atomic mass is 35.5. The Labute approximate surface area is 135 Å². The maximum atomic E-state index is 12.5. The summed E-state index contributed by atoms with van der Waals surface area (Å²) in [6.07, 6.45) is 5.67. The Morgan fingerprint density at radius 3 is 2.91 bits per heavy atom. The van der Waals surface area contributed by atoms with E-state index in [-0.39, 0.29) is 17.7 Å². The number of pyridine rings is 1. The molecule has 118 valence electrons. The molecule has 6 heteroatoms. The van der Waals surface area contributed by atoms with Crippen molar-refractivity contribution in [2.45, 2.75) is 25.7 Å². The van der Waals surface area contributed by atoms with Crippen LogP contribution in [0.4, 0.5) is 0 Å². The first-order chi connectivity index (χ1) is 10.6. The maximum absolute atomic E-state index is 12.5. The molecule has 0 spiro atoms. The van der Waals surface area contributed by atoms with Gasteiger partial charge in [0.2, 0.25) is 5.91 Å². The summed E-state index contributed by atoms with van der Waals surface area (Å²) in [7, 11) is 0. The fourth-order valence-corrected chi connectivity index (χ4v) is 2.98. The number of rotatable bonds is 4. The molecule has 1 aliphatic carbocycles. The molecular weight excluding hydrogens is 302 g/mol. The minimum atomic E-state index is -0.103. The molecule has 2 fully saturated rings. The van der Waals surface area contributed by atoms with Gasteiger partial charge in [0.1, 0.15) is 5.15 Å². The molecule has 2 aliphatic rings. The monoisotopic (exact) mass is 321 g/mol. The lowest BCUT2D eigenvalue weighted by atomic mass is 9.96. The summed E-state index contributed by atoms with van der Waals surface area (Å²) in [6.45, 7) is 1.95. The van der Waals surface area contributed by atoms with Gasteiger partial charge in [0, 0.05) is 31.4 Å². The Morgan fingerprint density at radius 1 is 1.36 bits per heavy atom. The van der Waals surface area contributed by atoms with Crippen molar-refractivity contribution in [1.82, 2.24) is 15.2 Å². The van der Waals surface area contributed by atoms with Crippen molar-refractivity contribution in [3.05, 3.63) is 29.0 Å². The first-order valence-corrected chi connectivity index (χ1v) is 8.20. The lowest BCUT2D eigenvalue weighted by Crippen LogP contribution is -2.45. The van der Waals surface area contributed by atoms with Crippen LogP contribution in [0.1, 0.15) is 36.0 Å².